The van der Waals surface area contributed by atoms with Crippen molar-refractivity contribution in [1.29, 1.82) is 0 Å². The van der Waals surface area contributed by atoms with Crippen LogP contribution in [-0.2, 0) is 28.6 Å². The van der Waals surface area contributed by atoms with Gasteiger partial charge in [0.05, 0.1) is 0 Å². The zero-order chi connectivity index (χ0) is 57.1. The highest BCUT2D eigenvalue weighted by atomic mass is 16.6. The summed E-state index contributed by atoms with van der Waals surface area (Å²) in [6, 6.07) is 0. The molecule has 79 heavy (non-hydrogen) atoms. The van der Waals surface area contributed by atoms with Gasteiger partial charge in [-0.3, -0.25) is 14.4 Å². The van der Waals surface area contributed by atoms with E-state index in [0.29, 0.717) is 19.3 Å². The molecule has 0 fully saturated rings. The van der Waals surface area contributed by atoms with Crippen LogP contribution >= 0.6 is 0 Å². The maximum atomic E-state index is 12.9. The van der Waals surface area contributed by atoms with Crippen molar-refractivity contribution >= 4 is 17.9 Å². The maximum absolute atomic E-state index is 12.9. The second-order valence-corrected chi connectivity index (χ2v) is 22.0. The van der Waals surface area contributed by atoms with Gasteiger partial charge in [0.1, 0.15) is 13.2 Å². The molecule has 1 atom stereocenters. The Balaban J connectivity index is 4.39. The van der Waals surface area contributed by atoms with Gasteiger partial charge in [0.15, 0.2) is 6.10 Å². The van der Waals surface area contributed by atoms with E-state index in [2.05, 4.69) is 130 Å². The molecular formula is C73H124O6. The molecule has 0 aliphatic rings. The predicted octanol–water partition coefficient (Wildman–Crippen LogP) is 23.0. The van der Waals surface area contributed by atoms with Crippen LogP contribution in [0.15, 0.2) is 109 Å². The first-order chi connectivity index (χ1) is 39.0. The molecule has 0 saturated heterocycles. The quantitative estimate of drug-likeness (QED) is 0.0261. The molecule has 6 heteroatoms. The first-order valence-corrected chi connectivity index (χ1v) is 33.4. The SMILES string of the molecule is CC/C=C\C/C=C\C/C=C\C/C=C\C/C=C\C/C=C\C/C=C\C/C=C\CCCCCCC(=O)OCC(COC(=O)CCCCCCC/C=C\CCCCCCCC)OC(=O)CCCCCCCCCCCCCCCCCCC. The first kappa shape index (κ1) is 75.1. The van der Waals surface area contributed by atoms with Crippen molar-refractivity contribution < 1.29 is 28.6 Å². The standard InChI is InChI=1S/C73H124O6/c1-4-7-10-13-16-19-22-25-28-30-31-32-33-34-35-36-37-38-39-40-41-43-45-48-51-54-57-60-63-66-72(75)78-69-70(68-77-71(74)65-62-59-56-53-50-47-44-27-24-21-18-15-12-9-6-3)79-73(76)67-64-61-58-55-52-49-46-42-29-26-23-20-17-14-11-8-5-2/h7,10,16,19,25,27-28,31-32,34-35,37-38,40-41,44-45,48,70H,4-6,8-9,11-15,17-18,20-24,26,29-30,33,36,39,42-43,46-47,49-69H2,1-3H3/b10-7-,19-16-,28-25-,32-31-,35-34-,38-37-,41-40-,44-27-,48-45-. The third kappa shape index (κ3) is 64.8. The number of rotatable bonds is 60. The van der Waals surface area contributed by atoms with Gasteiger partial charge in [-0.1, -0.05) is 297 Å². The number of hydrogen-bond donors (Lipinski definition) is 0. The lowest BCUT2D eigenvalue weighted by Gasteiger charge is -2.18. The Hall–Kier alpha value is -3.93. The monoisotopic (exact) mass is 1100 g/mol. The molecule has 0 aromatic heterocycles. The zero-order valence-electron chi connectivity index (χ0n) is 51.9. The Morgan fingerprint density at radius 1 is 0.266 bits per heavy atom. The number of ether oxygens (including phenoxy) is 3. The Morgan fingerprint density at radius 2 is 0.494 bits per heavy atom. The Kier molecular flexibility index (Phi) is 63.3. The van der Waals surface area contributed by atoms with Crippen molar-refractivity contribution in [3.63, 3.8) is 0 Å². The smallest absolute Gasteiger partial charge is 0.306 e. The lowest BCUT2D eigenvalue weighted by Crippen LogP contribution is -2.30. The van der Waals surface area contributed by atoms with Gasteiger partial charge in [-0.2, -0.15) is 0 Å². The summed E-state index contributed by atoms with van der Waals surface area (Å²) in [4.78, 5) is 38.4. The van der Waals surface area contributed by atoms with Crippen LogP contribution in [0.4, 0.5) is 0 Å². The number of hydrogen-bond acceptors (Lipinski definition) is 6. The van der Waals surface area contributed by atoms with Gasteiger partial charge < -0.3 is 14.2 Å². The van der Waals surface area contributed by atoms with Crippen molar-refractivity contribution in [3.05, 3.63) is 109 Å². The molecule has 0 aromatic rings. The highest BCUT2D eigenvalue weighted by Crippen LogP contribution is 2.16. The second kappa shape index (κ2) is 66.6. The van der Waals surface area contributed by atoms with E-state index in [4.69, 9.17) is 14.2 Å². The summed E-state index contributed by atoms with van der Waals surface area (Å²) in [6.07, 6.45) is 90.9. The molecule has 1 unspecified atom stereocenters. The molecule has 0 spiro atoms. The third-order valence-electron chi connectivity index (χ3n) is 14.3. The van der Waals surface area contributed by atoms with E-state index in [9.17, 15) is 14.4 Å². The number of allylic oxidation sites excluding steroid dienone is 18. The molecule has 0 saturated carbocycles. The fourth-order valence-corrected chi connectivity index (χ4v) is 9.28. The minimum atomic E-state index is -0.793. The highest BCUT2D eigenvalue weighted by molar-refractivity contribution is 5.71. The van der Waals surface area contributed by atoms with Crippen LogP contribution in [0.25, 0.3) is 0 Å². The number of unbranched alkanes of at least 4 members (excludes halogenated alkanes) is 31. The summed E-state index contributed by atoms with van der Waals surface area (Å²) in [5.41, 5.74) is 0. The van der Waals surface area contributed by atoms with Gasteiger partial charge in [-0.15, -0.1) is 0 Å². The number of esters is 3. The van der Waals surface area contributed by atoms with E-state index < -0.39 is 6.10 Å². The van der Waals surface area contributed by atoms with Gasteiger partial charge in [0.25, 0.3) is 0 Å². The van der Waals surface area contributed by atoms with E-state index in [-0.39, 0.29) is 31.1 Å². The topological polar surface area (TPSA) is 78.9 Å². The van der Waals surface area contributed by atoms with E-state index in [1.54, 1.807) is 0 Å². The van der Waals surface area contributed by atoms with Crippen LogP contribution in [0.2, 0.25) is 0 Å². The average molecular weight is 1100 g/mol. The third-order valence-corrected chi connectivity index (χ3v) is 14.3. The summed E-state index contributed by atoms with van der Waals surface area (Å²) in [7, 11) is 0. The summed E-state index contributed by atoms with van der Waals surface area (Å²) in [5.74, 6) is -0.910. The van der Waals surface area contributed by atoms with Crippen LogP contribution in [-0.4, -0.2) is 37.2 Å². The number of carbonyl (C=O) groups excluding carboxylic acids is 3. The summed E-state index contributed by atoms with van der Waals surface area (Å²) < 4.78 is 16.9. The fraction of sp³-hybridized carbons (Fsp3) is 0.712. The summed E-state index contributed by atoms with van der Waals surface area (Å²) in [6.45, 7) is 6.52. The van der Waals surface area contributed by atoms with Crippen molar-refractivity contribution in [2.75, 3.05) is 13.2 Å². The van der Waals surface area contributed by atoms with Crippen LogP contribution < -0.4 is 0 Å². The molecule has 0 amide bonds. The van der Waals surface area contributed by atoms with Gasteiger partial charge in [-0.25, -0.2) is 0 Å². The maximum Gasteiger partial charge on any atom is 0.306 e. The Morgan fingerprint density at radius 3 is 0.785 bits per heavy atom. The molecule has 0 N–H and O–H groups in total. The second-order valence-electron chi connectivity index (χ2n) is 22.0. The zero-order valence-corrected chi connectivity index (χ0v) is 51.9. The van der Waals surface area contributed by atoms with E-state index in [0.717, 1.165) is 128 Å². The predicted molar refractivity (Wildman–Crippen MR) is 343 cm³/mol. The lowest BCUT2D eigenvalue weighted by atomic mass is 10.0. The molecule has 6 nitrogen and oxygen atoms in total. The molecule has 0 aromatic carbocycles. The molecule has 0 aliphatic heterocycles. The summed E-state index contributed by atoms with van der Waals surface area (Å²) >= 11 is 0. The van der Waals surface area contributed by atoms with Gasteiger partial charge >= 0.3 is 17.9 Å². The van der Waals surface area contributed by atoms with E-state index in [1.165, 1.54) is 148 Å². The largest absolute Gasteiger partial charge is 0.462 e. The number of carbonyl (C=O) groups is 3. The van der Waals surface area contributed by atoms with Gasteiger partial charge in [0.2, 0.25) is 0 Å². The van der Waals surface area contributed by atoms with Crippen molar-refractivity contribution in [2.24, 2.45) is 0 Å². The van der Waals surface area contributed by atoms with Crippen molar-refractivity contribution in [1.82, 2.24) is 0 Å². The van der Waals surface area contributed by atoms with Gasteiger partial charge in [0, 0.05) is 19.3 Å². The molecule has 0 bridgehead atoms. The molecule has 0 heterocycles. The van der Waals surface area contributed by atoms with Crippen LogP contribution in [0, 0.1) is 0 Å². The van der Waals surface area contributed by atoms with Crippen LogP contribution in [0.5, 0.6) is 0 Å². The minimum Gasteiger partial charge on any atom is -0.462 e. The summed E-state index contributed by atoms with van der Waals surface area (Å²) in [5, 5.41) is 0. The molecule has 452 valence electrons. The average Bonchev–Trinajstić information content (AvgIpc) is 3.45. The van der Waals surface area contributed by atoms with Crippen LogP contribution in [0.1, 0.15) is 316 Å². The molecule has 0 aliphatic carbocycles. The minimum absolute atomic E-state index is 0.0885. The molecule has 0 rings (SSSR count). The molecule has 0 radical (unpaired) electrons. The van der Waals surface area contributed by atoms with Gasteiger partial charge in [-0.05, 0) is 109 Å². The first-order valence-electron chi connectivity index (χ1n) is 33.4. The fourth-order valence-electron chi connectivity index (χ4n) is 9.28. The van der Waals surface area contributed by atoms with Crippen molar-refractivity contribution in [3.8, 4) is 0 Å². The normalized spacial score (nSPS) is 12.8. The Bertz CT molecular complexity index is 1590. The Labute approximate surface area is 489 Å². The van der Waals surface area contributed by atoms with Crippen LogP contribution in [0.3, 0.4) is 0 Å². The molecular weight excluding hydrogens is 973 g/mol. The van der Waals surface area contributed by atoms with E-state index >= 15 is 0 Å². The highest BCUT2D eigenvalue weighted by Gasteiger charge is 2.19. The lowest BCUT2D eigenvalue weighted by molar-refractivity contribution is -0.167. The van der Waals surface area contributed by atoms with Crippen molar-refractivity contribution in [2.45, 2.75) is 322 Å². The van der Waals surface area contributed by atoms with E-state index in [1.807, 2.05) is 0 Å².